The van der Waals surface area contributed by atoms with Crippen LogP contribution in [-0.2, 0) is 35.1 Å². The number of carbonyl (C=O) groups excluding carboxylic acids is 1. The number of fused-ring (bicyclic) bond motifs is 3. The summed E-state index contributed by atoms with van der Waals surface area (Å²) in [4.78, 5) is 12.0. The lowest BCUT2D eigenvalue weighted by atomic mass is 9.52. The molecule has 0 spiro atoms. The van der Waals surface area contributed by atoms with Gasteiger partial charge in [0.05, 0.1) is 35.3 Å². The highest BCUT2D eigenvalue weighted by Gasteiger charge is 2.57. The molecular formula is C32H40N2O5S. The van der Waals surface area contributed by atoms with Crippen molar-refractivity contribution in [2.24, 2.45) is 10.8 Å². The van der Waals surface area contributed by atoms with Gasteiger partial charge in [-0.3, -0.25) is 0 Å². The van der Waals surface area contributed by atoms with E-state index in [-0.39, 0.29) is 11.5 Å². The van der Waals surface area contributed by atoms with Crippen LogP contribution < -0.4 is 4.31 Å². The number of hydrogen-bond donors (Lipinski definition) is 0. The number of nitrogens with zero attached hydrogens (tertiary/aromatic N) is 2. The van der Waals surface area contributed by atoms with Gasteiger partial charge >= 0.3 is 5.97 Å². The highest BCUT2D eigenvalue weighted by atomic mass is 32.2. The van der Waals surface area contributed by atoms with Crippen molar-refractivity contribution in [3.8, 4) is 6.07 Å². The zero-order valence-corrected chi connectivity index (χ0v) is 25.6. The minimum Gasteiger partial charge on any atom is -0.463 e. The summed E-state index contributed by atoms with van der Waals surface area (Å²) in [6, 6.07) is 15.0. The Hall–Kier alpha value is -3.15. The Bertz CT molecular complexity index is 1480. The molecule has 1 saturated heterocycles. The molecule has 40 heavy (non-hydrogen) atoms. The first kappa shape index (κ1) is 29.8. The van der Waals surface area contributed by atoms with Crippen molar-refractivity contribution in [3.63, 3.8) is 0 Å². The largest absolute Gasteiger partial charge is 0.463 e. The zero-order chi connectivity index (χ0) is 29.7. The molecule has 0 bridgehead atoms. The lowest BCUT2D eigenvalue weighted by Crippen LogP contribution is -2.49. The van der Waals surface area contributed by atoms with Crippen molar-refractivity contribution in [1.29, 1.82) is 5.26 Å². The molecule has 7 nitrogen and oxygen atoms in total. The fourth-order valence-corrected chi connectivity index (χ4v) is 8.44. The molecule has 1 fully saturated rings. The van der Waals surface area contributed by atoms with Crippen LogP contribution >= 0.6 is 0 Å². The van der Waals surface area contributed by atoms with Crippen LogP contribution in [0.3, 0.4) is 0 Å². The first-order valence-electron chi connectivity index (χ1n) is 13.7. The summed E-state index contributed by atoms with van der Waals surface area (Å²) in [6.45, 7) is 16.6. The van der Waals surface area contributed by atoms with E-state index in [0.717, 1.165) is 5.56 Å². The van der Waals surface area contributed by atoms with Gasteiger partial charge in [-0.25, -0.2) is 17.5 Å². The molecule has 0 amide bonds. The van der Waals surface area contributed by atoms with E-state index in [1.807, 2.05) is 66.7 Å². The van der Waals surface area contributed by atoms with Crippen molar-refractivity contribution in [2.75, 3.05) is 17.5 Å². The van der Waals surface area contributed by atoms with E-state index in [0.29, 0.717) is 29.8 Å². The highest BCUT2D eigenvalue weighted by molar-refractivity contribution is 7.92. The molecule has 0 radical (unpaired) electrons. The first-order chi connectivity index (χ1) is 18.5. The number of hydrogen-bond acceptors (Lipinski definition) is 6. The van der Waals surface area contributed by atoms with Crippen LogP contribution in [0.1, 0.15) is 78.5 Å². The van der Waals surface area contributed by atoms with E-state index in [1.165, 1.54) is 10.4 Å². The molecule has 2 aromatic carbocycles. The maximum absolute atomic E-state index is 14.5. The van der Waals surface area contributed by atoms with E-state index >= 15 is 0 Å². The van der Waals surface area contributed by atoms with Crippen molar-refractivity contribution in [3.05, 3.63) is 65.2 Å². The minimum absolute atomic E-state index is 0.108. The maximum atomic E-state index is 14.5. The molecule has 0 N–H and O–H groups in total. The van der Waals surface area contributed by atoms with Crippen molar-refractivity contribution >= 4 is 27.8 Å². The number of rotatable bonds is 6. The summed E-state index contributed by atoms with van der Waals surface area (Å²) in [5.41, 5.74) is 0.325. The summed E-state index contributed by atoms with van der Waals surface area (Å²) in [5.74, 6) is -0.463. The van der Waals surface area contributed by atoms with Gasteiger partial charge in [0.1, 0.15) is 0 Å². The SMILES string of the molecule is CCOC(=O)/C=C/c1ccc2c(c1)N(S(=O)(=O)c1cccc(C(C#N)(C(C)(C)C)C(C)(C)C)c1)[C@@H]1OCC[C@]21C. The third kappa shape index (κ3) is 4.53. The molecule has 0 aromatic heterocycles. The molecule has 8 heteroatoms. The standard InChI is InChI=1S/C32H40N2O5S/c1-9-38-27(35)16-14-22-13-15-25-26(19-22)34(28-31(25,8)17-18-39-28)40(36,37)24-12-10-11-23(20-24)32(21-33,29(2,3)4)30(5,6)7/h10-16,19-20,28H,9,17-18H2,1-8H3/b16-14+/t28-,31-/m1/s1. The van der Waals surface area contributed by atoms with Gasteiger partial charge in [-0.05, 0) is 65.1 Å². The van der Waals surface area contributed by atoms with Crippen LogP contribution in [0.4, 0.5) is 5.69 Å². The summed E-state index contributed by atoms with van der Waals surface area (Å²) >= 11 is 0. The average molecular weight is 565 g/mol. The Morgan fingerprint density at radius 2 is 1.82 bits per heavy atom. The van der Waals surface area contributed by atoms with Crippen LogP contribution in [0.2, 0.25) is 0 Å². The predicted octanol–water partition coefficient (Wildman–Crippen LogP) is 6.33. The van der Waals surface area contributed by atoms with Crippen molar-refractivity contribution in [1.82, 2.24) is 0 Å². The second kappa shape index (κ2) is 10.0. The third-order valence-corrected chi connectivity index (χ3v) is 10.2. The lowest BCUT2D eigenvalue weighted by molar-refractivity contribution is -0.137. The summed E-state index contributed by atoms with van der Waals surface area (Å²) in [5, 5.41) is 10.6. The Kier molecular flexibility index (Phi) is 7.49. The zero-order valence-electron chi connectivity index (χ0n) is 24.7. The van der Waals surface area contributed by atoms with E-state index < -0.39 is 43.9 Å². The topological polar surface area (TPSA) is 96.7 Å². The van der Waals surface area contributed by atoms with Crippen LogP contribution in [0, 0.1) is 22.2 Å². The second-order valence-corrected chi connectivity index (χ2v) is 14.8. The maximum Gasteiger partial charge on any atom is 0.330 e. The van der Waals surface area contributed by atoms with E-state index in [4.69, 9.17) is 9.47 Å². The molecular weight excluding hydrogens is 524 g/mol. The molecule has 2 aliphatic rings. The monoisotopic (exact) mass is 564 g/mol. The molecule has 4 rings (SSSR count). The molecule has 2 aliphatic heterocycles. The molecule has 2 atom stereocenters. The Labute approximate surface area is 238 Å². The Morgan fingerprint density at radius 3 is 2.42 bits per heavy atom. The third-order valence-electron chi connectivity index (χ3n) is 8.47. The van der Waals surface area contributed by atoms with Gasteiger partial charge in [0.15, 0.2) is 6.23 Å². The van der Waals surface area contributed by atoms with Gasteiger partial charge in [-0.15, -0.1) is 0 Å². The highest BCUT2D eigenvalue weighted by Crippen LogP contribution is 2.55. The number of sulfonamides is 1. The van der Waals surface area contributed by atoms with Gasteiger partial charge < -0.3 is 9.47 Å². The smallest absolute Gasteiger partial charge is 0.330 e. The number of nitriles is 1. The van der Waals surface area contributed by atoms with Crippen LogP contribution in [0.25, 0.3) is 6.08 Å². The molecule has 2 aromatic rings. The number of ether oxygens (including phenoxy) is 2. The van der Waals surface area contributed by atoms with Gasteiger partial charge in [0.2, 0.25) is 0 Å². The first-order valence-corrected chi connectivity index (χ1v) is 15.2. The number of carbonyl (C=O) groups is 1. The van der Waals surface area contributed by atoms with Crippen LogP contribution in [0.15, 0.2) is 53.4 Å². The van der Waals surface area contributed by atoms with Gasteiger partial charge in [0, 0.05) is 11.5 Å². The average Bonchev–Trinajstić information content (AvgIpc) is 3.34. The molecule has 2 heterocycles. The normalized spacial score (nSPS) is 21.3. The quantitative estimate of drug-likeness (QED) is 0.300. The summed E-state index contributed by atoms with van der Waals surface area (Å²) in [7, 11) is -4.10. The lowest BCUT2D eigenvalue weighted by Gasteiger charge is -2.49. The van der Waals surface area contributed by atoms with Crippen molar-refractivity contribution in [2.45, 2.75) is 83.8 Å². The second-order valence-electron chi connectivity index (χ2n) is 12.9. The van der Waals surface area contributed by atoms with Gasteiger partial charge in [0.25, 0.3) is 10.0 Å². The van der Waals surface area contributed by atoms with Crippen molar-refractivity contribution < 1.29 is 22.7 Å². The van der Waals surface area contributed by atoms with E-state index in [9.17, 15) is 18.5 Å². The fraction of sp³-hybridized carbons (Fsp3) is 0.500. The van der Waals surface area contributed by atoms with Crippen LogP contribution in [-0.4, -0.2) is 33.8 Å². The number of benzene rings is 2. The van der Waals surface area contributed by atoms with Gasteiger partial charge in [-0.2, -0.15) is 5.26 Å². The molecule has 214 valence electrons. The minimum atomic E-state index is -4.10. The molecule has 0 aliphatic carbocycles. The molecule has 0 saturated carbocycles. The Morgan fingerprint density at radius 1 is 1.15 bits per heavy atom. The summed E-state index contributed by atoms with van der Waals surface area (Å²) in [6.07, 6.45) is 2.93. The molecule has 0 unspecified atom stereocenters. The fourth-order valence-electron chi connectivity index (χ4n) is 6.73. The van der Waals surface area contributed by atoms with Gasteiger partial charge in [-0.1, -0.05) is 72.7 Å². The number of esters is 1. The predicted molar refractivity (Wildman–Crippen MR) is 156 cm³/mol. The van der Waals surface area contributed by atoms with E-state index in [1.54, 1.807) is 37.3 Å². The number of anilines is 1. The Balaban J connectivity index is 1.87. The summed E-state index contributed by atoms with van der Waals surface area (Å²) < 4.78 is 41.4. The van der Waals surface area contributed by atoms with E-state index in [2.05, 4.69) is 6.07 Å². The van der Waals surface area contributed by atoms with Crippen LogP contribution in [0.5, 0.6) is 0 Å².